The Kier molecular flexibility index (Phi) is 12.5. The van der Waals surface area contributed by atoms with Crippen molar-refractivity contribution in [3.63, 3.8) is 0 Å². The monoisotopic (exact) mass is 530 g/mol. The molecule has 0 bridgehead atoms. The van der Waals surface area contributed by atoms with Crippen LogP contribution >= 0.6 is 0 Å². The Morgan fingerprint density at radius 2 is 2.05 bits per heavy atom. The van der Waals surface area contributed by atoms with Crippen molar-refractivity contribution in [2.24, 2.45) is 11.8 Å². The van der Waals surface area contributed by atoms with Crippen molar-refractivity contribution in [2.45, 2.75) is 96.3 Å². The second-order valence-electron chi connectivity index (χ2n) is 10.4. The Bertz CT molecular complexity index is 938. The molecule has 0 aromatic heterocycles. The number of esters is 2. The molecular formula is C31H43FO6. The lowest BCUT2D eigenvalue weighted by Gasteiger charge is -2.29. The van der Waals surface area contributed by atoms with Crippen LogP contribution in [-0.2, 0) is 35.0 Å². The Hall–Kier alpha value is -2.51. The van der Waals surface area contributed by atoms with Gasteiger partial charge in [-0.2, -0.15) is 0 Å². The molecule has 38 heavy (non-hydrogen) atoms. The summed E-state index contributed by atoms with van der Waals surface area (Å²) in [5.41, 5.74) is 2.07. The van der Waals surface area contributed by atoms with Crippen molar-refractivity contribution in [3.05, 3.63) is 59.7 Å². The average Bonchev–Trinajstić information content (AvgIpc) is 3.19. The van der Waals surface area contributed by atoms with Gasteiger partial charge in [0.25, 0.3) is 0 Å². The first kappa shape index (κ1) is 30.0. The van der Waals surface area contributed by atoms with Gasteiger partial charge in [0, 0.05) is 44.6 Å². The van der Waals surface area contributed by atoms with Gasteiger partial charge in [-0.15, -0.1) is 0 Å². The van der Waals surface area contributed by atoms with E-state index < -0.39 is 6.17 Å². The van der Waals surface area contributed by atoms with Crippen LogP contribution in [0.4, 0.5) is 4.39 Å². The molecule has 2 aliphatic rings. The quantitative estimate of drug-likeness (QED) is 0.172. The lowest BCUT2D eigenvalue weighted by Crippen LogP contribution is -2.30. The van der Waals surface area contributed by atoms with E-state index in [1.807, 2.05) is 43.3 Å². The molecule has 6 nitrogen and oxygen atoms in total. The number of aryl methyl sites for hydroxylation is 1. The summed E-state index contributed by atoms with van der Waals surface area (Å²) >= 11 is 0. The molecule has 0 amide bonds. The number of carbonyl (C=O) groups excluding carboxylic acids is 2. The van der Waals surface area contributed by atoms with Crippen LogP contribution < -0.4 is 0 Å². The fraction of sp³-hybridized carbons (Fsp3) is 0.613. The number of ether oxygens (including phenoxy) is 4. The van der Waals surface area contributed by atoms with E-state index in [1.54, 1.807) is 6.08 Å². The zero-order valence-corrected chi connectivity index (χ0v) is 23.0. The summed E-state index contributed by atoms with van der Waals surface area (Å²) in [6.07, 6.45) is 11.9. The number of rotatable bonds is 13. The highest BCUT2D eigenvalue weighted by Crippen LogP contribution is 2.41. The Labute approximate surface area is 226 Å². The third-order valence-corrected chi connectivity index (χ3v) is 7.26. The molecule has 1 heterocycles. The normalized spacial score (nSPS) is 26.6. The van der Waals surface area contributed by atoms with Gasteiger partial charge in [0.2, 0.25) is 0 Å². The molecule has 1 aromatic rings. The van der Waals surface area contributed by atoms with Gasteiger partial charge < -0.3 is 18.9 Å². The molecule has 1 aromatic carbocycles. The number of carbonyl (C=O) groups is 2. The zero-order chi connectivity index (χ0) is 27.3. The fourth-order valence-corrected chi connectivity index (χ4v) is 5.39. The first-order valence-electron chi connectivity index (χ1n) is 13.9. The van der Waals surface area contributed by atoms with Crippen LogP contribution in [0.3, 0.4) is 0 Å². The lowest BCUT2D eigenvalue weighted by atomic mass is 9.89. The van der Waals surface area contributed by atoms with Gasteiger partial charge in [-0.25, -0.2) is 4.39 Å². The highest BCUT2D eigenvalue weighted by Gasteiger charge is 2.45. The number of methoxy groups -OCH3 is 1. The maximum atomic E-state index is 15.1. The SMILES string of the molecule is COC(=O)CCC/C=C\C[C@@H]1[C@@H](/C=C/C(F)Cc2cccc(C)c2)[C@H](OC2CCCCO2)C[C@@H]1OC(C)=O. The number of halogens is 1. The van der Waals surface area contributed by atoms with Gasteiger partial charge >= 0.3 is 11.9 Å². The van der Waals surface area contributed by atoms with E-state index in [2.05, 4.69) is 6.08 Å². The molecule has 2 fully saturated rings. The zero-order valence-electron chi connectivity index (χ0n) is 23.0. The summed E-state index contributed by atoms with van der Waals surface area (Å²) in [5.74, 6) is -0.722. The largest absolute Gasteiger partial charge is 0.469 e. The maximum Gasteiger partial charge on any atom is 0.305 e. The molecular weight excluding hydrogens is 487 g/mol. The van der Waals surface area contributed by atoms with Crippen molar-refractivity contribution in [1.82, 2.24) is 0 Å². The van der Waals surface area contributed by atoms with Crippen LogP contribution in [0.5, 0.6) is 0 Å². The number of hydrogen-bond acceptors (Lipinski definition) is 6. The second kappa shape index (κ2) is 15.8. The van der Waals surface area contributed by atoms with Crippen molar-refractivity contribution in [2.75, 3.05) is 13.7 Å². The van der Waals surface area contributed by atoms with Crippen molar-refractivity contribution >= 4 is 11.9 Å². The summed E-state index contributed by atoms with van der Waals surface area (Å²) in [5, 5.41) is 0. The minimum Gasteiger partial charge on any atom is -0.469 e. The third kappa shape index (κ3) is 9.99. The highest BCUT2D eigenvalue weighted by atomic mass is 19.1. The molecule has 2 unspecified atom stereocenters. The molecule has 1 saturated heterocycles. The summed E-state index contributed by atoms with van der Waals surface area (Å²) in [4.78, 5) is 23.3. The molecule has 6 atom stereocenters. The Morgan fingerprint density at radius 3 is 2.76 bits per heavy atom. The second-order valence-corrected chi connectivity index (χ2v) is 10.4. The number of benzene rings is 1. The van der Waals surface area contributed by atoms with Gasteiger partial charge in [-0.3, -0.25) is 9.59 Å². The summed E-state index contributed by atoms with van der Waals surface area (Å²) in [6, 6.07) is 7.90. The molecule has 3 rings (SSSR count). The van der Waals surface area contributed by atoms with Gasteiger partial charge in [0.15, 0.2) is 6.29 Å². The van der Waals surface area contributed by atoms with Crippen molar-refractivity contribution < 1.29 is 32.9 Å². The molecule has 1 saturated carbocycles. The number of allylic oxidation sites excluding steroid dienone is 3. The van der Waals surface area contributed by atoms with E-state index in [1.165, 1.54) is 14.0 Å². The molecule has 0 spiro atoms. The van der Waals surface area contributed by atoms with E-state index in [9.17, 15) is 9.59 Å². The number of hydrogen-bond donors (Lipinski definition) is 0. The van der Waals surface area contributed by atoms with E-state index in [4.69, 9.17) is 18.9 Å². The Morgan fingerprint density at radius 1 is 1.21 bits per heavy atom. The third-order valence-electron chi connectivity index (χ3n) is 7.26. The van der Waals surface area contributed by atoms with Crippen LogP contribution in [0, 0.1) is 18.8 Å². The smallest absolute Gasteiger partial charge is 0.305 e. The van der Waals surface area contributed by atoms with E-state index in [-0.39, 0.29) is 42.3 Å². The highest BCUT2D eigenvalue weighted by molar-refractivity contribution is 5.69. The maximum absolute atomic E-state index is 15.1. The lowest BCUT2D eigenvalue weighted by molar-refractivity contribution is -0.193. The van der Waals surface area contributed by atoms with Crippen molar-refractivity contribution in [1.29, 1.82) is 0 Å². The van der Waals surface area contributed by atoms with Crippen LogP contribution in [0.25, 0.3) is 0 Å². The number of alkyl halides is 1. The molecule has 210 valence electrons. The Balaban J connectivity index is 1.72. The molecule has 0 N–H and O–H groups in total. The summed E-state index contributed by atoms with van der Waals surface area (Å²) in [6.45, 7) is 4.09. The van der Waals surface area contributed by atoms with Crippen LogP contribution in [-0.4, -0.2) is 50.3 Å². The van der Waals surface area contributed by atoms with E-state index in [0.29, 0.717) is 38.7 Å². The van der Waals surface area contributed by atoms with E-state index >= 15 is 4.39 Å². The topological polar surface area (TPSA) is 71.1 Å². The van der Waals surface area contributed by atoms with Crippen LogP contribution in [0.2, 0.25) is 0 Å². The molecule has 1 aliphatic heterocycles. The molecule has 0 radical (unpaired) electrons. The molecule has 1 aliphatic carbocycles. The number of unbranched alkanes of at least 4 members (excludes halogenated alkanes) is 1. The van der Waals surface area contributed by atoms with Gasteiger partial charge in [-0.1, -0.05) is 54.1 Å². The summed E-state index contributed by atoms with van der Waals surface area (Å²) in [7, 11) is 1.39. The minimum absolute atomic E-state index is 0.0493. The average molecular weight is 531 g/mol. The van der Waals surface area contributed by atoms with Gasteiger partial charge in [0.05, 0.1) is 13.2 Å². The van der Waals surface area contributed by atoms with Gasteiger partial charge in [0.1, 0.15) is 12.3 Å². The van der Waals surface area contributed by atoms with Gasteiger partial charge in [-0.05, 0) is 51.0 Å². The summed E-state index contributed by atoms with van der Waals surface area (Å²) < 4.78 is 37.7. The van der Waals surface area contributed by atoms with Crippen molar-refractivity contribution in [3.8, 4) is 0 Å². The van der Waals surface area contributed by atoms with E-state index in [0.717, 1.165) is 36.8 Å². The van der Waals surface area contributed by atoms with Crippen LogP contribution in [0.1, 0.15) is 69.4 Å². The predicted octanol–water partition coefficient (Wildman–Crippen LogP) is 6.20. The first-order valence-corrected chi connectivity index (χ1v) is 13.9. The standard InChI is InChI=1S/C31H43FO6/c1-22-11-10-12-24(19-22)20-25(32)16-17-27-26(13-6-4-5-7-14-30(34)35-3)28(37-23(2)33)21-29(27)38-31-15-8-9-18-36-31/h4,6,10-12,16-17,19,25-29,31H,5,7-9,13-15,18,20-21H2,1-3H3/b6-4-,17-16+/t25?,26-,27-,28+,29-,31?/m1/s1. The minimum atomic E-state index is -1.13. The van der Waals surface area contributed by atoms with Crippen LogP contribution in [0.15, 0.2) is 48.6 Å². The fourth-order valence-electron chi connectivity index (χ4n) is 5.39. The molecule has 7 heteroatoms. The predicted molar refractivity (Wildman–Crippen MR) is 144 cm³/mol. The first-order chi connectivity index (χ1) is 18.4.